The summed E-state index contributed by atoms with van der Waals surface area (Å²) in [5, 5.41) is 0. The van der Waals surface area contributed by atoms with Crippen LogP contribution in [0.3, 0.4) is 0 Å². The predicted octanol–water partition coefficient (Wildman–Crippen LogP) is 2.94. The molecule has 0 saturated heterocycles. The lowest BCUT2D eigenvalue weighted by molar-refractivity contribution is -0.118. The SMILES string of the molecule is COc1ccc([C@@H]2CC(=O)CC(=NCCc3cnc[nH]3)C2)cc1. The minimum absolute atomic E-state index is 0.230. The van der Waals surface area contributed by atoms with Gasteiger partial charge in [-0.3, -0.25) is 9.79 Å². The Balaban J connectivity index is 1.64. The normalized spacial score (nSPS) is 20.0. The number of Topliss-reactive ketones (excluding diaryl/α,β-unsaturated/α-hetero) is 1. The van der Waals surface area contributed by atoms with E-state index in [1.807, 2.05) is 30.5 Å². The number of carbonyl (C=O) groups excluding carboxylic acids is 1. The maximum Gasteiger partial charge on any atom is 0.139 e. The van der Waals surface area contributed by atoms with E-state index in [4.69, 9.17) is 4.74 Å². The van der Waals surface area contributed by atoms with Crippen LogP contribution in [0.25, 0.3) is 0 Å². The number of nitrogens with zero attached hydrogens (tertiary/aromatic N) is 2. The number of aliphatic imine (C=N–C) groups is 1. The summed E-state index contributed by atoms with van der Waals surface area (Å²) in [6, 6.07) is 7.99. The van der Waals surface area contributed by atoms with Gasteiger partial charge in [0, 0.05) is 43.4 Å². The molecular weight excluding hydrogens is 290 g/mol. The van der Waals surface area contributed by atoms with Gasteiger partial charge in [-0.2, -0.15) is 0 Å². The summed E-state index contributed by atoms with van der Waals surface area (Å²) >= 11 is 0. The van der Waals surface area contributed by atoms with Crippen molar-refractivity contribution in [3.8, 4) is 5.75 Å². The number of aromatic amines is 1. The first-order valence-electron chi connectivity index (χ1n) is 7.89. The average molecular weight is 311 g/mol. The quantitative estimate of drug-likeness (QED) is 0.923. The molecule has 1 aromatic heterocycles. The monoisotopic (exact) mass is 311 g/mol. The Hall–Kier alpha value is -2.43. The van der Waals surface area contributed by atoms with Crippen LogP contribution < -0.4 is 4.74 Å². The van der Waals surface area contributed by atoms with Crippen molar-refractivity contribution in [2.75, 3.05) is 13.7 Å². The van der Waals surface area contributed by atoms with Gasteiger partial charge in [-0.05, 0) is 30.0 Å². The standard InChI is InChI=1S/C18H21N3O2/c1-23-18-4-2-13(3-5-18)14-8-16(10-17(22)9-14)20-7-6-15-11-19-12-21-15/h2-5,11-12,14H,6-10H2,1H3,(H,19,21)/t14-/m0/s1. The fourth-order valence-electron chi connectivity index (χ4n) is 2.99. The molecule has 5 nitrogen and oxygen atoms in total. The molecule has 0 amide bonds. The second-order valence-electron chi connectivity index (χ2n) is 5.87. The highest BCUT2D eigenvalue weighted by atomic mass is 16.5. The Morgan fingerprint density at radius 3 is 2.83 bits per heavy atom. The summed E-state index contributed by atoms with van der Waals surface area (Å²) < 4.78 is 5.19. The minimum Gasteiger partial charge on any atom is -0.497 e. The fraction of sp³-hybridized carbons (Fsp3) is 0.389. The van der Waals surface area contributed by atoms with E-state index in [0.717, 1.165) is 30.0 Å². The summed E-state index contributed by atoms with van der Waals surface area (Å²) in [4.78, 5) is 23.8. The lowest BCUT2D eigenvalue weighted by Crippen LogP contribution is -2.22. The van der Waals surface area contributed by atoms with Crippen molar-refractivity contribution in [2.45, 2.75) is 31.6 Å². The van der Waals surface area contributed by atoms with Crippen molar-refractivity contribution in [3.05, 3.63) is 48.0 Å². The lowest BCUT2D eigenvalue weighted by Gasteiger charge is -2.23. The molecule has 3 rings (SSSR count). The Bertz CT molecular complexity index is 675. The van der Waals surface area contributed by atoms with Crippen LogP contribution in [-0.2, 0) is 11.2 Å². The van der Waals surface area contributed by atoms with Crippen molar-refractivity contribution in [3.63, 3.8) is 0 Å². The maximum absolute atomic E-state index is 12.1. The number of ketones is 1. The van der Waals surface area contributed by atoms with Gasteiger partial charge in [0.15, 0.2) is 0 Å². The highest BCUT2D eigenvalue weighted by Crippen LogP contribution is 2.30. The Labute approximate surface area is 135 Å². The van der Waals surface area contributed by atoms with Crippen molar-refractivity contribution in [2.24, 2.45) is 4.99 Å². The van der Waals surface area contributed by atoms with Gasteiger partial charge in [0.1, 0.15) is 11.5 Å². The number of ether oxygens (including phenoxy) is 1. The van der Waals surface area contributed by atoms with Crippen LogP contribution in [0.2, 0.25) is 0 Å². The highest BCUT2D eigenvalue weighted by molar-refractivity contribution is 6.05. The summed E-state index contributed by atoms with van der Waals surface area (Å²) in [7, 11) is 1.66. The minimum atomic E-state index is 0.230. The van der Waals surface area contributed by atoms with E-state index in [2.05, 4.69) is 15.0 Å². The van der Waals surface area contributed by atoms with Gasteiger partial charge in [-0.1, -0.05) is 12.1 Å². The molecule has 0 unspecified atom stereocenters. The van der Waals surface area contributed by atoms with Crippen LogP contribution in [0.4, 0.5) is 0 Å². The zero-order valence-electron chi connectivity index (χ0n) is 13.3. The smallest absolute Gasteiger partial charge is 0.139 e. The summed E-state index contributed by atoms with van der Waals surface area (Å²) in [5.41, 5.74) is 3.27. The second-order valence-corrected chi connectivity index (χ2v) is 5.87. The van der Waals surface area contributed by atoms with Gasteiger partial charge in [0.2, 0.25) is 0 Å². The largest absolute Gasteiger partial charge is 0.497 e. The van der Waals surface area contributed by atoms with Gasteiger partial charge in [-0.25, -0.2) is 4.98 Å². The molecule has 23 heavy (non-hydrogen) atoms. The van der Waals surface area contributed by atoms with Crippen molar-refractivity contribution >= 4 is 11.5 Å². The second kappa shape index (κ2) is 7.22. The lowest BCUT2D eigenvalue weighted by atomic mass is 9.82. The molecule has 1 saturated carbocycles. The number of methoxy groups -OCH3 is 1. The molecule has 0 radical (unpaired) electrons. The number of hydrogen-bond acceptors (Lipinski definition) is 4. The van der Waals surface area contributed by atoms with E-state index in [9.17, 15) is 4.79 Å². The van der Waals surface area contributed by atoms with Gasteiger partial charge in [0.25, 0.3) is 0 Å². The number of rotatable bonds is 5. The van der Waals surface area contributed by atoms with Gasteiger partial charge < -0.3 is 9.72 Å². The van der Waals surface area contributed by atoms with Crippen molar-refractivity contribution < 1.29 is 9.53 Å². The number of carbonyl (C=O) groups is 1. The van der Waals surface area contributed by atoms with E-state index in [1.54, 1.807) is 13.4 Å². The van der Waals surface area contributed by atoms with Crippen molar-refractivity contribution in [1.29, 1.82) is 0 Å². The zero-order valence-corrected chi connectivity index (χ0v) is 13.3. The van der Waals surface area contributed by atoms with E-state index in [1.165, 1.54) is 5.56 Å². The predicted molar refractivity (Wildman–Crippen MR) is 89.2 cm³/mol. The number of hydrogen-bond donors (Lipinski definition) is 1. The van der Waals surface area contributed by atoms with Crippen LogP contribution >= 0.6 is 0 Å². The Morgan fingerprint density at radius 2 is 2.13 bits per heavy atom. The van der Waals surface area contributed by atoms with Crippen LogP contribution in [0.5, 0.6) is 5.75 Å². The molecular formula is C18H21N3O2. The van der Waals surface area contributed by atoms with Crippen molar-refractivity contribution in [1.82, 2.24) is 9.97 Å². The first-order chi connectivity index (χ1) is 11.2. The Morgan fingerprint density at radius 1 is 1.30 bits per heavy atom. The highest BCUT2D eigenvalue weighted by Gasteiger charge is 2.25. The molecule has 1 aromatic carbocycles. The Kier molecular flexibility index (Phi) is 4.86. The van der Waals surface area contributed by atoms with E-state index >= 15 is 0 Å². The van der Waals surface area contributed by atoms with Gasteiger partial charge in [0.05, 0.1) is 13.4 Å². The van der Waals surface area contributed by atoms with Crippen LogP contribution in [-0.4, -0.2) is 35.1 Å². The van der Waals surface area contributed by atoms with E-state index < -0.39 is 0 Å². The molecule has 1 N–H and O–H groups in total. The zero-order chi connectivity index (χ0) is 16.1. The van der Waals surface area contributed by atoms with E-state index in [0.29, 0.717) is 19.4 Å². The number of imidazole rings is 1. The van der Waals surface area contributed by atoms with Gasteiger partial charge >= 0.3 is 0 Å². The fourth-order valence-corrected chi connectivity index (χ4v) is 2.99. The number of benzene rings is 1. The first-order valence-corrected chi connectivity index (χ1v) is 7.89. The summed E-state index contributed by atoms with van der Waals surface area (Å²) in [5.74, 6) is 1.34. The first kappa shape index (κ1) is 15.5. The third kappa shape index (κ3) is 4.06. The molecule has 120 valence electrons. The molecule has 1 fully saturated rings. The van der Waals surface area contributed by atoms with Crippen LogP contribution in [0.15, 0.2) is 41.8 Å². The average Bonchev–Trinajstić information content (AvgIpc) is 3.08. The molecule has 0 spiro atoms. The molecule has 1 atom stereocenters. The molecule has 0 bridgehead atoms. The van der Waals surface area contributed by atoms with Crippen LogP contribution in [0.1, 0.15) is 36.4 Å². The van der Waals surface area contributed by atoms with E-state index in [-0.39, 0.29) is 11.7 Å². The molecule has 5 heteroatoms. The third-order valence-corrected chi connectivity index (χ3v) is 4.22. The molecule has 2 aromatic rings. The topological polar surface area (TPSA) is 67.3 Å². The maximum atomic E-state index is 12.1. The molecule has 1 aliphatic rings. The van der Waals surface area contributed by atoms with Gasteiger partial charge in [-0.15, -0.1) is 0 Å². The molecule has 1 aliphatic carbocycles. The third-order valence-electron chi connectivity index (χ3n) is 4.22. The number of H-pyrrole nitrogens is 1. The number of nitrogens with one attached hydrogen (secondary N) is 1. The van der Waals surface area contributed by atoms with Crippen LogP contribution in [0, 0.1) is 0 Å². The molecule has 0 aliphatic heterocycles. The number of aromatic nitrogens is 2. The summed E-state index contributed by atoms with van der Waals surface area (Å²) in [6.45, 7) is 0.695. The molecule has 1 heterocycles. The summed E-state index contributed by atoms with van der Waals surface area (Å²) in [6.07, 6.45) is 6.27.